The molecule has 0 aliphatic heterocycles. The van der Waals surface area contributed by atoms with Gasteiger partial charge in [0.2, 0.25) is 11.8 Å². The Kier molecular flexibility index (Phi) is 4.42. The second-order valence-electron chi connectivity index (χ2n) is 4.65. The first-order valence-electron chi connectivity index (χ1n) is 6.72. The molecule has 7 nitrogen and oxygen atoms in total. The lowest BCUT2D eigenvalue weighted by Crippen LogP contribution is -2.39. The van der Waals surface area contributed by atoms with Crippen LogP contribution >= 0.6 is 0 Å². The van der Waals surface area contributed by atoms with Gasteiger partial charge in [0.1, 0.15) is 6.54 Å². The maximum atomic E-state index is 12.1. The molecule has 0 aliphatic carbocycles. The summed E-state index contributed by atoms with van der Waals surface area (Å²) in [4.78, 5) is 35.3. The third-order valence-corrected chi connectivity index (χ3v) is 3.17. The Balaban J connectivity index is 2.13. The molecule has 112 valence electrons. The molecule has 21 heavy (non-hydrogen) atoms. The van der Waals surface area contributed by atoms with Gasteiger partial charge in [0.15, 0.2) is 0 Å². The molecule has 0 saturated heterocycles. The van der Waals surface area contributed by atoms with E-state index in [4.69, 9.17) is 0 Å². The first kappa shape index (κ1) is 14.8. The van der Waals surface area contributed by atoms with Crippen molar-refractivity contribution in [2.75, 3.05) is 13.1 Å². The summed E-state index contributed by atoms with van der Waals surface area (Å²) in [5.74, 6) is -0.629. The predicted molar refractivity (Wildman–Crippen MR) is 78.9 cm³/mol. The van der Waals surface area contributed by atoms with E-state index in [1.807, 2.05) is 18.2 Å². The van der Waals surface area contributed by atoms with Gasteiger partial charge in [0.25, 0.3) is 0 Å². The van der Waals surface area contributed by atoms with Crippen LogP contribution in [0.25, 0.3) is 11.0 Å². The van der Waals surface area contributed by atoms with Gasteiger partial charge in [-0.2, -0.15) is 0 Å². The molecule has 0 saturated carbocycles. The lowest BCUT2D eigenvalue weighted by atomic mass is 10.3. The number of imidazole rings is 1. The van der Waals surface area contributed by atoms with Gasteiger partial charge in [-0.3, -0.25) is 18.7 Å². The molecule has 2 aromatic rings. The van der Waals surface area contributed by atoms with Crippen molar-refractivity contribution < 1.29 is 9.59 Å². The fraction of sp³-hybridized carbons (Fsp3) is 0.357. The Morgan fingerprint density at radius 2 is 1.76 bits per heavy atom. The van der Waals surface area contributed by atoms with Gasteiger partial charge in [0.05, 0.1) is 17.6 Å². The third-order valence-electron chi connectivity index (χ3n) is 3.17. The maximum Gasteiger partial charge on any atom is 0.329 e. The van der Waals surface area contributed by atoms with Gasteiger partial charge < -0.3 is 10.6 Å². The molecule has 1 aromatic heterocycles. The number of nitrogens with one attached hydrogen (secondary N) is 2. The number of amides is 2. The highest BCUT2D eigenvalue weighted by Crippen LogP contribution is 2.10. The van der Waals surface area contributed by atoms with Crippen LogP contribution in [-0.4, -0.2) is 34.0 Å². The first-order valence-corrected chi connectivity index (χ1v) is 6.72. The summed E-state index contributed by atoms with van der Waals surface area (Å²) in [6.07, 6.45) is 0. The summed E-state index contributed by atoms with van der Waals surface area (Å²) >= 11 is 0. The smallest absolute Gasteiger partial charge is 0.329 e. The lowest BCUT2D eigenvalue weighted by Gasteiger charge is -2.06. The largest absolute Gasteiger partial charge is 0.355 e. The molecule has 0 bridgehead atoms. The maximum absolute atomic E-state index is 12.1. The van der Waals surface area contributed by atoms with Crippen molar-refractivity contribution in [3.8, 4) is 0 Å². The fourth-order valence-electron chi connectivity index (χ4n) is 2.15. The zero-order valence-electron chi connectivity index (χ0n) is 12.0. The van der Waals surface area contributed by atoms with Gasteiger partial charge in [-0.05, 0) is 19.1 Å². The van der Waals surface area contributed by atoms with E-state index in [1.54, 1.807) is 20.0 Å². The molecule has 0 aliphatic rings. The number of nitrogens with zero attached hydrogens (tertiary/aromatic N) is 2. The standard InChI is InChI=1S/C14H18N4O3/c1-3-15-12(19)8-16-13(20)9-18-11-7-5-4-6-10(11)17(2)14(18)21/h4-7H,3,8-9H2,1-2H3,(H,15,19)(H,16,20). The fourth-order valence-corrected chi connectivity index (χ4v) is 2.15. The van der Waals surface area contributed by atoms with Crippen molar-refractivity contribution in [2.24, 2.45) is 7.05 Å². The van der Waals surface area contributed by atoms with Crippen LogP contribution in [0.2, 0.25) is 0 Å². The molecule has 0 spiro atoms. The molecular weight excluding hydrogens is 272 g/mol. The van der Waals surface area contributed by atoms with Crippen LogP contribution < -0.4 is 16.3 Å². The van der Waals surface area contributed by atoms with Crippen molar-refractivity contribution in [1.82, 2.24) is 19.8 Å². The van der Waals surface area contributed by atoms with Crippen molar-refractivity contribution in [1.29, 1.82) is 0 Å². The zero-order valence-corrected chi connectivity index (χ0v) is 12.0. The van der Waals surface area contributed by atoms with Gasteiger partial charge in [0, 0.05) is 13.6 Å². The van der Waals surface area contributed by atoms with Gasteiger partial charge in [-0.1, -0.05) is 12.1 Å². The minimum Gasteiger partial charge on any atom is -0.355 e. The minimum absolute atomic E-state index is 0.0911. The highest BCUT2D eigenvalue weighted by molar-refractivity contribution is 5.85. The summed E-state index contributed by atoms with van der Waals surface area (Å²) in [5, 5.41) is 5.08. The average molecular weight is 290 g/mol. The normalized spacial score (nSPS) is 10.6. The predicted octanol–water partition coefficient (Wildman–Crippen LogP) is -0.408. The molecular formula is C14H18N4O3. The van der Waals surface area contributed by atoms with E-state index in [0.29, 0.717) is 12.1 Å². The number of hydrogen-bond acceptors (Lipinski definition) is 3. The molecule has 0 unspecified atom stereocenters. The van der Waals surface area contributed by atoms with E-state index < -0.39 is 0 Å². The van der Waals surface area contributed by atoms with E-state index in [2.05, 4.69) is 10.6 Å². The quantitative estimate of drug-likeness (QED) is 0.785. The molecule has 2 N–H and O–H groups in total. The Morgan fingerprint density at radius 1 is 1.10 bits per heavy atom. The van der Waals surface area contributed by atoms with Crippen molar-refractivity contribution in [3.05, 3.63) is 34.7 Å². The number of fused-ring (bicyclic) bond motifs is 1. The zero-order chi connectivity index (χ0) is 15.4. The van der Waals surface area contributed by atoms with Crippen LogP contribution in [0.4, 0.5) is 0 Å². The number of carbonyl (C=O) groups is 2. The van der Waals surface area contributed by atoms with Crippen molar-refractivity contribution >= 4 is 22.8 Å². The first-order chi connectivity index (χ1) is 10.0. The number of likely N-dealkylation sites (N-methyl/N-ethyl adjacent to an activating group) is 1. The van der Waals surface area contributed by atoms with Crippen molar-refractivity contribution in [2.45, 2.75) is 13.5 Å². The number of rotatable bonds is 5. The second-order valence-corrected chi connectivity index (χ2v) is 4.65. The number of aromatic nitrogens is 2. The van der Waals surface area contributed by atoms with Crippen LogP contribution in [0.1, 0.15) is 6.92 Å². The van der Waals surface area contributed by atoms with E-state index in [0.717, 1.165) is 5.52 Å². The van der Waals surface area contributed by atoms with Gasteiger partial charge >= 0.3 is 5.69 Å². The topological polar surface area (TPSA) is 85.1 Å². The minimum atomic E-state index is -0.375. The molecule has 0 fully saturated rings. The number of para-hydroxylation sites is 2. The number of carbonyl (C=O) groups excluding carboxylic acids is 2. The summed E-state index contributed by atoms with van der Waals surface area (Å²) < 4.78 is 2.88. The number of benzene rings is 1. The molecule has 7 heteroatoms. The second kappa shape index (κ2) is 6.25. The number of hydrogen-bond donors (Lipinski definition) is 2. The molecule has 2 rings (SSSR count). The van der Waals surface area contributed by atoms with Crippen LogP contribution in [0, 0.1) is 0 Å². The lowest BCUT2D eigenvalue weighted by molar-refractivity contribution is -0.126. The Hall–Kier alpha value is -2.57. The SMILES string of the molecule is CCNC(=O)CNC(=O)Cn1c(=O)n(C)c2ccccc21. The summed E-state index contributed by atoms with van der Waals surface area (Å²) in [5.41, 5.74) is 1.20. The van der Waals surface area contributed by atoms with E-state index >= 15 is 0 Å². The van der Waals surface area contributed by atoms with E-state index in [9.17, 15) is 14.4 Å². The van der Waals surface area contributed by atoms with Gasteiger partial charge in [-0.15, -0.1) is 0 Å². The Bertz CT molecular complexity index is 729. The van der Waals surface area contributed by atoms with E-state index in [-0.39, 0.29) is 30.6 Å². The summed E-state index contributed by atoms with van der Waals surface area (Å²) in [6, 6.07) is 7.25. The molecule has 0 atom stereocenters. The molecule has 1 aromatic carbocycles. The van der Waals surface area contributed by atoms with Gasteiger partial charge in [-0.25, -0.2) is 4.79 Å². The van der Waals surface area contributed by atoms with Crippen LogP contribution in [-0.2, 0) is 23.2 Å². The Morgan fingerprint density at radius 3 is 2.43 bits per heavy atom. The molecule has 1 heterocycles. The third kappa shape index (κ3) is 3.13. The number of aryl methyl sites for hydroxylation is 1. The van der Waals surface area contributed by atoms with Crippen LogP contribution in [0.5, 0.6) is 0 Å². The Labute approximate surface area is 121 Å². The van der Waals surface area contributed by atoms with Crippen LogP contribution in [0.3, 0.4) is 0 Å². The summed E-state index contributed by atoms with van der Waals surface area (Å²) in [7, 11) is 1.66. The van der Waals surface area contributed by atoms with E-state index in [1.165, 1.54) is 9.13 Å². The highest BCUT2D eigenvalue weighted by atomic mass is 16.2. The monoisotopic (exact) mass is 290 g/mol. The highest BCUT2D eigenvalue weighted by Gasteiger charge is 2.13. The molecule has 2 amide bonds. The summed E-state index contributed by atoms with van der Waals surface area (Å²) in [6.45, 7) is 2.11. The average Bonchev–Trinajstić information content (AvgIpc) is 2.71. The van der Waals surface area contributed by atoms with Crippen LogP contribution in [0.15, 0.2) is 29.1 Å². The van der Waals surface area contributed by atoms with Crippen molar-refractivity contribution in [3.63, 3.8) is 0 Å². The molecule has 0 radical (unpaired) electrons.